The second-order valence-electron chi connectivity index (χ2n) is 8.61. The molecule has 0 atom stereocenters. The summed E-state index contributed by atoms with van der Waals surface area (Å²) in [5.41, 5.74) is -0.380. The summed E-state index contributed by atoms with van der Waals surface area (Å²) in [5.74, 6) is -3.53. The van der Waals surface area contributed by atoms with Gasteiger partial charge in [0.2, 0.25) is 5.82 Å². The van der Waals surface area contributed by atoms with Crippen molar-refractivity contribution in [3.8, 4) is 22.6 Å². The summed E-state index contributed by atoms with van der Waals surface area (Å²) >= 11 is 0. The highest BCUT2D eigenvalue weighted by Gasteiger charge is 2.19. The molecule has 0 aliphatic carbocycles. The largest absolute Gasteiger partial charge is 0.545 e. The Labute approximate surface area is 202 Å². The summed E-state index contributed by atoms with van der Waals surface area (Å²) < 4.78 is 40.8. The number of carbonyl (C=O) groups is 1. The van der Waals surface area contributed by atoms with E-state index < -0.39 is 17.6 Å². The summed E-state index contributed by atoms with van der Waals surface area (Å²) in [7, 11) is 0. The van der Waals surface area contributed by atoms with Crippen molar-refractivity contribution in [3.05, 3.63) is 47.5 Å². The minimum atomic E-state index is -1.47. The average Bonchev–Trinajstić information content (AvgIpc) is 2.83. The van der Waals surface area contributed by atoms with Gasteiger partial charge in [-0.15, -0.1) is 0 Å². The second-order valence-corrected chi connectivity index (χ2v) is 8.61. The number of carbonyl (C=O) groups excluding carboxylic acids is 1. The zero-order chi connectivity index (χ0) is 24.8. The molecule has 0 saturated heterocycles. The van der Waals surface area contributed by atoms with E-state index in [1.807, 2.05) is 0 Å². The van der Waals surface area contributed by atoms with Gasteiger partial charge in [0.25, 0.3) is 0 Å². The van der Waals surface area contributed by atoms with Crippen LogP contribution < -0.4 is 14.6 Å². The van der Waals surface area contributed by atoms with E-state index in [-0.39, 0.29) is 22.4 Å². The van der Waals surface area contributed by atoms with Crippen LogP contribution in [0.3, 0.4) is 0 Å². The van der Waals surface area contributed by atoms with Crippen molar-refractivity contribution in [1.82, 2.24) is 0 Å². The third kappa shape index (κ3) is 8.62. The van der Waals surface area contributed by atoms with Gasteiger partial charge in [-0.05, 0) is 48.7 Å². The fraction of sp³-hybridized carbons (Fsp3) is 0.536. The summed E-state index contributed by atoms with van der Waals surface area (Å²) in [6, 6.07) is 6.91. The number of benzene rings is 2. The molecule has 188 valence electrons. The summed E-state index contributed by atoms with van der Waals surface area (Å²) in [4.78, 5) is 11.6. The van der Waals surface area contributed by atoms with Gasteiger partial charge in [-0.2, -0.15) is 4.39 Å². The molecule has 6 heteroatoms. The highest BCUT2D eigenvalue weighted by atomic mass is 19.2. The summed E-state index contributed by atoms with van der Waals surface area (Å²) in [5, 5.41) is 11.6. The number of carboxylic acid groups (broad SMARTS) is 1. The quantitative estimate of drug-likeness (QED) is 0.229. The van der Waals surface area contributed by atoms with Crippen LogP contribution in [0.25, 0.3) is 11.1 Å². The highest BCUT2D eigenvalue weighted by Crippen LogP contribution is 2.34. The molecular formula is C28H37F2O4-. The first-order valence-corrected chi connectivity index (χ1v) is 12.6. The standard InChI is InChI=1S/C28H38F2O4/c1-3-5-7-9-11-12-18-33-21-14-15-23(28(31)32)24(20-21)22-16-17-25(27(30)26(22)29)34-19-13-10-8-6-4-2/h14-17,20H,3-13,18-19H2,1-2H3,(H,31,32)/p-1. The molecule has 2 rings (SSSR count). The highest BCUT2D eigenvalue weighted by molar-refractivity contribution is 5.95. The molecule has 0 fully saturated rings. The number of carboxylic acids is 1. The summed E-state index contributed by atoms with van der Waals surface area (Å²) in [6.07, 6.45) is 11.7. The minimum Gasteiger partial charge on any atom is -0.545 e. The SMILES string of the molecule is CCCCCCCCOc1ccc(C(=O)[O-])c(-c2ccc(OCCCCCCC)c(F)c2F)c1. The number of unbranched alkanes of at least 4 members (excludes halogenated alkanes) is 9. The number of halogens is 2. The van der Waals surface area contributed by atoms with Gasteiger partial charge in [-0.3, -0.25) is 0 Å². The van der Waals surface area contributed by atoms with Crippen LogP contribution in [0.2, 0.25) is 0 Å². The molecular weight excluding hydrogens is 438 g/mol. The van der Waals surface area contributed by atoms with Crippen LogP contribution in [0, 0.1) is 11.6 Å². The van der Waals surface area contributed by atoms with Gasteiger partial charge in [-0.1, -0.05) is 71.6 Å². The molecule has 0 radical (unpaired) electrons. The Bertz CT molecular complexity index is 898. The van der Waals surface area contributed by atoms with Crippen LogP contribution in [-0.4, -0.2) is 19.2 Å². The maximum Gasteiger partial charge on any atom is 0.201 e. The fourth-order valence-electron chi connectivity index (χ4n) is 3.83. The van der Waals surface area contributed by atoms with Crippen molar-refractivity contribution in [2.24, 2.45) is 0 Å². The zero-order valence-corrected chi connectivity index (χ0v) is 20.5. The number of hydrogen-bond acceptors (Lipinski definition) is 4. The molecule has 0 saturated carbocycles. The number of hydrogen-bond donors (Lipinski definition) is 0. The third-order valence-electron chi connectivity index (χ3n) is 5.82. The van der Waals surface area contributed by atoms with Crippen molar-refractivity contribution in [1.29, 1.82) is 0 Å². The predicted molar refractivity (Wildman–Crippen MR) is 129 cm³/mol. The van der Waals surface area contributed by atoms with E-state index in [4.69, 9.17) is 9.47 Å². The van der Waals surface area contributed by atoms with Crippen LogP contribution in [0.4, 0.5) is 8.78 Å². The van der Waals surface area contributed by atoms with Gasteiger partial charge in [-0.25, -0.2) is 4.39 Å². The number of aromatic carboxylic acids is 1. The Morgan fingerprint density at radius 3 is 1.94 bits per heavy atom. The Balaban J connectivity index is 2.09. The topological polar surface area (TPSA) is 58.6 Å². The second kappa shape index (κ2) is 15.3. The van der Waals surface area contributed by atoms with Crippen molar-refractivity contribution in [3.63, 3.8) is 0 Å². The van der Waals surface area contributed by atoms with E-state index in [0.717, 1.165) is 51.4 Å². The van der Waals surface area contributed by atoms with Crippen LogP contribution >= 0.6 is 0 Å². The average molecular weight is 476 g/mol. The van der Waals surface area contributed by atoms with E-state index in [9.17, 15) is 18.7 Å². The molecule has 0 aromatic heterocycles. The van der Waals surface area contributed by atoms with Crippen molar-refractivity contribution in [2.75, 3.05) is 13.2 Å². The fourth-order valence-corrected chi connectivity index (χ4v) is 3.83. The lowest BCUT2D eigenvalue weighted by Crippen LogP contribution is -2.23. The number of rotatable bonds is 17. The molecule has 0 aliphatic rings. The third-order valence-corrected chi connectivity index (χ3v) is 5.82. The molecule has 0 amide bonds. The lowest BCUT2D eigenvalue weighted by Gasteiger charge is -2.16. The Hall–Kier alpha value is -2.63. The molecule has 2 aromatic rings. The molecule has 34 heavy (non-hydrogen) atoms. The van der Waals surface area contributed by atoms with Crippen LogP contribution in [0.5, 0.6) is 11.5 Å². The van der Waals surface area contributed by atoms with Gasteiger partial charge < -0.3 is 19.4 Å². The molecule has 0 bridgehead atoms. The Morgan fingerprint density at radius 1 is 0.735 bits per heavy atom. The van der Waals surface area contributed by atoms with Gasteiger partial charge >= 0.3 is 0 Å². The predicted octanol–water partition coefficient (Wildman–Crippen LogP) is 7.08. The molecule has 0 heterocycles. The Kier molecular flexibility index (Phi) is 12.4. The molecule has 4 nitrogen and oxygen atoms in total. The maximum absolute atomic E-state index is 14.9. The van der Waals surface area contributed by atoms with Gasteiger partial charge in [0.05, 0.1) is 19.2 Å². The first-order valence-electron chi connectivity index (χ1n) is 12.6. The van der Waals surface area contributed by atoms with E-state index in [1.165, 1.54) is 49.6 Å². The Morgan fingerprint density at radius 2 is 1.32 bits per heavy atom. The van der Waals surface area contributed by atoms with Crippen LogP contribution in [0.15, 0.2) is 30.3 Å². The van der Waals surface area contributed by atoms with E-state index in [2.05, 4.69) is 13.8 Å². The van der Waals surface area contributed by atoms with E-state index in [1.54, 1.807) is 0 Å². The monoisotopic (exact) mass is 475 g/mol. The molecule has 2 aromatic carbocycles. The molecule has 0 spiro atoms. The first-order chi connectivity index (χ1) is 16.5. The lowest BCUT2D eigenvalue weighted by molar-refractivity contribution is -0.254. The number of ether oxygens (including phenoxy) is 2. The van der Waals surface area contributed by atoms with E-state index >= 15 is 0 Å². The van der Waals surface area contributed by atoms with E-state index in [0.29, 0.717) is 19.0 Å². The maximum atomic E-state index is 14.9. The van der Waals surface area contributed by atoms with Gasteiger partial charge in [0, 0.05) is 11.1 Å². The minimum absolute atomic E-state index is 0.0166. The van der Waals surface area contributed by atoms with Crippen LogP contribution in [-0.2, 0) is 0 Å². The van der Waals surface area contributed by atoms with Gasteiger partial charge in [0.1, 0.15) is 5.75 Å². The van der Waals surface area contributed by atoms with Crippen molar-refractivity contribution in [2.45, 2.75) is 84.5 Å². The molecule has 0 N–H and O–H groups in total. The first kappa shape index (κ1) is 27.6. The smallest absolute Gasteiger partial charge is 0.201 e. The lowest BCUT2D eigenvalue weighted by atomic mass is 9.98. The molecule has 0 aliphatic heterocycles. The summed E-state index contributed by atoms with van der Waals surface area (Å²) in [6.45, 7) is 5.06. The van der Waals surface area contributed by atoms with Crippen molar-refractivity contribution < 1.29 is 28.2 Å². The van der Waals surface area contributed by atoms with Crippen molar-refractivity contribution >= 4 is 5.97 Å². The normalized spacial score (nSPS) is 10.9. The van der Waals surface area contributed by atoms with Gasteiger partial charge in [0.15, 0.2) is 11.6 Å². The molecule has 0 unspecified atom stereocenters. The van der Waals surface area contributed by atoms with Crippen LogP contribution in [0.1, 0.15) is 94.8 Å². The zero-order valence-electron chi connectivity index (χ0n) is 20.5.